The Hall–Kier alpha value is -2.47. The summed E-state index contributed by atoms with van der Waals surface area (Å²) in [6, 6.07) is 4.48. The molecule has 2 heterocycles. The second-order valence-corrected chi connectivity index (χ2v) is 10.4. The van der Waals surface area contributed by atoms with Crippen LogP contribution < -0.4 is 10.9 Å². The van der Waals surface area contributed by atoms with Crippen LogP contribution in [-0.2, 0) is 26.2 Å². The van der Waals surface area contributed by atoms with Crippen LogP contribution in [0.4, 0.5) is 5.69 Å². The lowest BCUT2D eigenvalue weighted by Crippen LogP contribution is -2.39. The third-order valence-corrected chi connectivity index (χ3v) is 8.15. The zero-order chi connectivity index (χ0) is 24.3. The van der Waals surface area contributed by atoms with E-state index in [9.17, 15) is 22.8 Å². The van der Waals surface area contributed by atoms with Crippen LogP contribution in [0.2, 0.25) is 10.0 Å². The van der Waals surface area contributed by atoms with Gasteiger partial charge in [0, 0.05) is 25.2 Å². The lowest BCUT2D eigenvalue weighted by atomic mass is 9.95. The molecule has 178 valence electrons. The number of carboxylic acid groups (broad SMARTS) is 1. The second kappa shape index (κ2) is 10.2. The van der Waals surface area contributed by atoms with Gasteiger partial charge < -0.3 is 10.4 Å². The normalized spacial score (nSPS) is 15.4. The molecule has 1 aliphatic heterocycles. The summed E-state index contributed by atoms with van der Waals surface area (Å²) in [6.45, 7) is 1.65. The molecule has 1 fully saturated rings. The first kappa shape index (κ1) is 25.2. The van der Waals surface area contributed by atoms with Gasteiger partial charge in [-0.1, -0.05) is 29.3 Å². The predicted octanol–water partition coefficient (Wildman–Crippen LogP) is 2.37. The van der Waals surface area contributed by atoms with Crippen LogP contribution in [0.25, 0.3) is 0 Å². The fourth-order valence-electron chi connectivity index (χ4n) is 3.59. The van der Waals surface area contributed by atoms with Gasteiger partial charge in [0.15, 0.2) is 0 Å². The summed E-state index contributed by atoms with van der Waals surface area (Å²) >= 11 is 11.5. The highest BCUT2D eigenvalue weighted by molar-refractivity contribution is 7.89. The van der Waals surface area contributed by atoms with E-state index in [0.29, 0.717) is 18.4 Å². The number of halogens is 2. The predicted molar refractivity (Wildman–Crippen MR) is 122 cm³/mol. The van der Waals surface area contributed by atoms with Crippen molar-refractivity contribution in [3.8, 4) is 0 Å². The third-order valence-electron chi connectivity index (χ3n) is 5.36. The Morgan fingerprint density at radius 2 is 1.91 bits per heavy atom. The topological polar surface area (TPSA) is 139 Å². The number of amides is 1. The van der Waals surface area contributed by atoms with Gasteiger partial charge in [-0.2, -0.15) is 9.40 Å². The minimum atomic E-state index is -3.84. The molecule has 2 N–H and O–H groups in total. The summed E-state index contributed by atoms with van der Waals surface area (Å²) in [5, 5.41) is 15.0. The van der Waals surface area contributed by atoms with Crippen LogP contribution in [0.1, 0.15) is 24.8 Å². The average Bonchev–Trinajstić information content (AvgIpc) is 2.75. The molecule has 1 saturated heterocycles. The van der Waals surface area contributed by atoms with Crippen LogP contribution >= 0.6 is 23.2 Å². The molecule has 0 radical (unpaired) electrons. The van der Waals surface area contributed by atoms with E-state index in [1.54, 1.807) is 19.1 Å². The van der Waals surface area contributed by atoms with Crippen LogP contribution in [-0.4, -0.2) is 52.6 Å². The number of nitrogens with zero attached hydrogens (tertiary/aromatic N) is 3. The number of nitrogens with one attached hydrogen (secondary N) is 1. The van der Waals surface area contributed by atoms with Crippen molar-refractivity contribution >= 4 is 50.8 Å². The van der Waals surface area contributed by atoms with Gasteiger partial charge in [0.25, 0.3) is 5.56 Å². The second-order valence-electron chi connectivity index (χ2n) is 7.74. The molecule has 2 aromatic rings. The molecule has 1 aliphatic rings. The van der Waals surface area contributed by atoms with Crippen LogP contribution in [0, 0.1) is 12.8 Å². The van der Waals surface area contributed by atoms with E-state index in [0.717, 1.165) is 10.9 Å². The SMILES string of the molecule is Cc1ccc(NC(=O)Cn2ncc(Cl)c(Cl)c2=O)cc1S(=O)(=O)N1CCC(CC(=O)O)CC1. The highest BCUT2D eigenvalue weighted by Crippen LogP contribution is 2.28. The zero-order valence-electron chi connectivity index (χ0n) is 17.6. The molecule has 0 unspecified atom stereocenters. The standard InChI is InChI=1S/C20H22Cl2N4O6S/c1-12-2-3-14(24-17(27)11-26-20(30)19(22)15(21)10-23-26)9-16(12)33(31,32)25-6-4-13(5-7-25)8-18(28)29/h2-3,9-10,13H,4-8,11H2,1H3,(H,24,27)(H,28,29). The molecular weight excluding hydrogens is 495 g/mol. The summed E-state index contributed by atoms with van der Waals surface area (Å²) in [5.41, 5.74) is 0.0128. The lowest BCUT2D eigenvalue weighted by molar-refractivity contribution is -0.138. The van der Waals surface area contributed by atoms with Gasteiger partial charge in [0.2, 0.25) is 15.9 Å². The number of carbonyl (C=O) groups is 2. The van der Waals surface area contributed by atoms with Gasteiger partial charge in [-0.15, -0.1) is 0 Å². The zero-order valence-corrected chi connectivity index (χ0v) is 20.0. The van der Waals surface area contributed by atoms with E-state index in [1.165, 1.54) is 10.4 Å². The van der Waals surface area contributed by atoms with Gasteiger partial charge in [-0.3, -0.25) is 14.4 Å². The van der Waals surface area contributed by atoms with Gasteiger partial charge >= 0.3 is 5.97 Å². The molecule has 0 saturated carbocycles. The smallest absolute Gasteiger partial charge is 0.303 e. The summed E-state index contributed by atoms with van der Waals surface area (Å²) in [7, 11) is -3.84. The number of benzene rings is 1. The molecule has 13 heteroatoms. The molecule has 0 atom stereocenters. The van der Waals surface area contributed by atoms with E-state index in [4.69, 9.17) is 28.3 Å². The maximum Gasteiger partial charge on any atom is 0.303 e. The van der Waals surface area contributed by atoms with Crippen molar-refractivity contribution < 1.29 is 23.1 Å². The molecule has 1 aromatic carbocycles. The number of aryl methyl sites for hydroxylation is 1. The van der Waals surface area contributed by atoms with E-state index in [2.05, 4.69) is 10.4 Å². The van der Waals surface area contributed by atoms with Crippen molar-refractivity contribution in [1.29, 1.82) is 0 Å². The van der Waals surface area contributed by atoms with Crippen LogP contribution in [0.15, 0.2) is 34.1 Å². The van der Waals surface area contributed by atoms with E-state index in [1.807, 2.05) is 0 Å². The number of sulfonamides is 1. The summed E-state index contributed by atoms with van der Waals surface area (Å²) < 4.78 is 28.6. The lowest BCUT2D eigenvalue weighted by Gasteiger charge is -2.31. The molecule has 33 heavy (non-hydrogen) atoms. The Kier molecular flexibility index (Phi) is 7.78. The minimum absolute atomic E-state index is 0.0191. The number of rotatable bonds is 7. The average molecular weight is 517 g/mol. The Bertz CT molecular complexity index is 1240. The Labute approximate surface area is 200 Å². The summed E-state index contributed by atoms with van der Waals surface area (Å²) in [5.74, 6) is -1.56. The number of hydrogen-bond donors (Lipinski definition) is 2. The molecular formula is C20H22Cl2N4O6S. The van der Waals surface area contributed by atoms with Crippen molar-refractivity contribution in [3.05, 3.63) is 50.4 Å². The quantitative estimate of drug-likeness (QED) is 0.575. The fourth-order valence-corrected chi connectivity index (χ4v) is 5.58. The van der Waals surface area contributed by atoms with Crippen molar-refractivity contribution in [2.75, 3.05) is 18.4 Å². The molecule has 0 aliphatic carbocycles. The number of aliphatic carboxylic acids is 1. The Morgan fingerprint density at radius 3 is 2.55 bits per heavy atom. The Balaban J connectivity index is 1.74. The molecule has 10 nitrogen and oxygen atoms in total. The largest absolute Gasteiger partial charge is 0.481 e. The number of carbonyl (C=O) groups excluding carboxylic acids is 1. The fraction of sp³-hybridized carbons (Fsp3) is 0.400. The number of aromatic nitrogens is 2. The molecule has 1 aromatic heterocycles. The molecule has 3 rings (SSSR count). The van der Waals surface area contributed by atoms with Gasteiger partial charge in [0.1, 0.15) is 11.6 Å². The maximum absolute atomic E-state index is 13.2. The summed E-state index contributed by atoms with van der Waals surface area (Å²) in [4.78, 5) is 35.4. The third kappa shape index (κ3) is 5.91. The van der Waals surface area contributed by atoms with Crippen molar-refractivity contribution in [2.24, 2.45) is 5.92 Å². The maximum atomic E-state index is 13.2. The van der Waals surface area contributed by atoms with Gasteiger partial charge in [0.05, 0.1) is 16.1 Å². The summed E-state index contributed by atoms with van der Waals surface area (Å²) in [6.07, 6.45) is 2.10. The number of carboxylic acids is 1. The van der Waals surface area contributed by atoms with E-state index in [-0.39, 0.29) is 46.1 Å². The molecule has 1 amide bonds. The highest BCUT2D eigenvalue weighted by atomic mass is 35.5. The van der Waals surface area contributed by atoms with Crippen molar-refractivity contribution in [3.63, 3.8) is 0 Å². The molecule has 0 bridgehead atoms. The first-order valence-corrected chi connectivity index (χ1v) is 12.2. The molecule has 0 spiro atoms. The van der Waals surface area contributed by atoms with Crippen LogP contribution in [0.5, 0.6) is 0 Å². The van der Waals surface area contributed by atoms with Crippen molar-refractivity contribution in [2.45, 2.75) is 37.6 Å². The number of hydrogen-bond acceptors (Lipinski definition) is 6. The highest BCUT2D eigenvalue weighted by Gasteiger charge is 2.31. The van der Waals surface area contributed by atoms with Gasteiger partial charge in [-0.05, 0) is 43.4 Å². The van der Waals surface area contributed by atoms with Gasteiger partial charge in [-0.25, -0.2) is 13.1 Å². The Morgan fingerprint density at radius 1 is 1.24 bits per heavy atom. The van der Waals surface area contributed by atoms with Crippen molar-refractivity contribution in [1.82, 2.24) is 14.1 Å². The minimum Gasteiger partial charge on any atom is -0.481 e. The number of anilines is 1. The van der Waals surface area contributed by atoms with Crippen LogP contribution in [0.3, 0.4) is 0 Å². The first-order valence-electron chi connectivity index (χ1n) is 10.0. The monoisotopic (exact) mass is 516 g/mol. The number of piperidine rings is 1. The van der Waals surface area contributed by atoms with E-state index < -0.39 is 34.0 Å². The van der Waals surface area contributed by atoms with E-state index >= 15 is 0 Å². The first-order chi connectivity index (χ1) is 15.5.